The molecule has 2 aliphatic rings. The van der Waals surface area contributed by atoms with Crippen molar-refractivity contribution in [2.75, 3.05) is 57.4 Å². The number of rotatable bonds is 4. The van der Waals surface area contributed by atoms with Crippen LogP contribution >= 0.6 is 0 Å². The minimum Gasteiger partial charge on any atom is -0.379 e. The van der Waals surface area contributed by atoms with Crippen molar-refractivity contribution < 1.29 is 13.5 Å². The topological polar surface area (TPSA) is 19.0 Å². The molecule has 2 heterocycles. The molecule has 1 aromatic carbocycles. The van der Waals surface area contributed by atoms with Crippen molar-refractivity contribution in [1.82, 2.24) is 9.80 Å². The summed E-state index contributed by atoms with van der Waals surface area (Å²) in [5, 5.41) is 0. The molecular formula is C18H27F2N3O. The van der Waals surface area contributed by atoms with Crippen molar-refractivity contribution in [3.05, 3.63) is 29.3 Å². The minimum atomic E-state index is -0.448. The van der Waals surface area contributed by atoms with Crippen LogP contribution in [0, 0.1) is 11.6 Å². The van der Waals surface area contributed by atoms with E-state index in [9.17, 15) is 8.78 Å². The van der Waals surface area contributed by atoms with Crippen LogP contribution < -0.4 is 4.90 Å². The third kappa shape index (κ3) is 4.05. The second-order valence-electron chi connectivity index (χ2n) is 6.91. The van der Waals surface area contributed by atoms with Gasteiger partial charge >= 0.3 is 0 Å². The third-order valence-corrected chi connectivity index (χ3v) is 4.95. The van der Waals surface area contributed by atoms with E-state index in [0.717, 1.165) is 26.2 Å². The van der Waals surface area contributed by atoms with E-state index in [-0.39, 0.29) is 5.69 Å². The molecule has 2 fully saturated rings. The number of halogens is 2. The lowest BCUT2D eigenvalue weighted by Gasteiger charge is -2.38. The highest BCUT2D eigenvalue weighted by Gasteiger charge is 2.24. The number of hydrogen-bond donors (Lipinski definition) is 0. The number of nitrogens with zero attached hydrogens (tertiary/aromatic N) is 3. The summed E-state index contributed by atoms with van der Waals surface area (Å²) >= 11 is 0. The van der Waals surface area contributed by atoms with Crippen LogP contribution in [0.4, 0.5) is 14.5 Å². The number of morpholine rings is 1. The van der Waals surface area contributed by atoms with Gasteiger partial charge in [-0.3, -0.25) is 9.80 Å². The first-order valence-corrected chi connectivity index (χ1v) is 8.81. The van der Waals surface area contributed by atoms with Gasteiger partial charge < -0.3 is 9.64 Å². The zero-order valence-corrected chi connectivity index (χ0v) is 14.6. The Morgan fingerprint density at radius 3 is 2.08 bits per heavy atom. The molecule has 0 aliphatic carbocycles. The molecule has 0 amide bonds. The molecule has 0 N–H and O–H groups in total. The van der Waals surface area contributed by atoms with Crippen molar-refractivity contribution in [1.29, 1.82) is 0 Å². The van der Waals surface area contributed by atoms with Crippen molar-refractivity contribution >= 4 is 5.69 Å². The molecule has 2 aliphatic heterocycles. The van der Waals surface area contributed by atoms with Crippen LogP contribution in [0.3, 0.4) is 0 Å². The largest absolute Gasteiger partial charge is 0.379 e. The normalized spacial score (nSPS) is 20.8. The monoisotopic (exact) mass is 339 g/mol. The minimum absolute atomic E-state index is 0.129. The van der Waals surface area contributed by atoms with Crippen molar-refractivity contribution in [3.8, 4) is 0 Å². The van der Waals surface area contributed by atoms with E-state index in [0.29, 0.717) is 44.5 Å². The molecule has 1 aromatic rings. The smallest absolute Gasteiger partial charge is 0.149 e. The van der Waals surface area contributed by atoms with E-state index >= 15 is 0 Å². The van der Waals surface area contributed by atoms with Crippen LogP contribution in [0.15, 0.2) is 12.1 Å². The first-order chi connectivity index (χ1) is 11.5. The predicted molar refractivity (Wildman–Crippen MR) is 91.4 cm³/mol. The van der Waals surface area contributed by atoms with Crippen LogP contribution in [-0.2, 0) is 11.3 Å². The van der Waals surface area contributed by atoms with E-state index < -0.39 is 11.6 Å². The van der Waals surface area contributed by atoms with Crippen LogP contribution in [-0.4, -0.2) is 68.3 Å². The highest BCUT2D eigenvalue weighted by atomic mass is 19.1. The van der Waals surface area contributed by atoms with Gasteiger partial charge in [-0.05, 0) is 31.5 Å². The average molecular weight is 339 g/mol. The predicted octanol–water partition coefficient (Wildman–Crippen LogP) is 2.33. The van der Waals surface area contributed by atoms with Crippen molar-refractivity contribution in [2.24, 2.45) is 0 Å². The van der Waals surface area contributed by atoms with E-state index in [1.165, 1.54) is 12.1 Å². The molecule has 0 unspecified atom stereocenters. The quantitative estimate of drug-likeness (QED) is 0.838. The van der Waals surface area contributed by atoms with Gasteiger partial charge in [0, 0.05) is 51.9 Å². The molecular weight excluding hydrogens is 312 g/mol. The molecule has 4 nitrogen and oxygen atoms in total. The van der Waals surface area contributed by atoms with E-state index in [2.05, 4.69) is 23.6 Å². The van der Waals surface area contributed by atoms with Gasteiger partial charge in [-0.15, -0.1) is 0 Å². The Kier molecular flexibility index (Phi) is 5.69. The van der Waals surface area contributed by atoms with Crippen LogP contribution in [0.1, 0.15) is 19.4 Å². The highest BCUT2D eigenvalue weighted by Crippen LogP contribution is 2.27. The fraction of sp³-hybridized carbons (Fsp3) is 0.667. The lowest BCUT2D eigenvalue weighted by molar-refractivity contribution is 0.0341. The summed E-state index contributed by atoms with van der Waals surface area (Å²) in [5.74, 6) is -0.896. The lowest BCUT2D eigenvalue weighted by Crippen LogP contribution is -2.49. The van der Waals surface area contributed by atoms with Crippen LogP contribution in [0.25, 0.3) is 0 Å². The summed E-state index contributed by atoms with van der Waals surface area (Å²) < 4.78 is 34.4. The Labute approximate surface area is 143 Å². The zero-order valence-electron chi connectivity index (χ0n) is 14.6. The van der Waals surface area contributed by atoms with Gasteiger partial charge in [0.05, 0.1) is 13.2 Å². The van der Waals surface area contributed by atoms with Gasteiger partial charge in [0.25, 0.3) is 0 Å². The molecule has 134 valence electrons. The standard InChI is InChI=1S/C18H27F2N3O/c1-14(2)22-3-5-23(6-4-22)18-16(19)11-15(12-17(18)20)13-21-7-9-24-10-8-21/h11-12,14H,3-10,13H2,1-2H3. The van der Waals surface area contributed by atoms with Crippen LogP contribution in [0.2, 0.25) is 0 Å². The Morgan fingerprint density at radius 2 is 1.54 bits per heavy atom. The molecule has 0 bridgehead atoms. The van der Waals surface area contributed by atoms with Crippen molar-refractivity contribution in [2.45, 2.75) is 26.4 Å². The summed E-state index contributed by atoms with van der Waals surface area (Å²) in [6, 6.07) is 3.45. The molecule has 3 rings (SSSR count). The fourth-order valence-corrected chi connectivity index (χ4v) is 3.49. The fourth-order valence-electron chi connectivity index (χ4n) is 3.49. The summed E-state index contributed by atoms with van der Waals surface area (Å²) in [4.78, 5) is 6.33. The zero-order chi connectivity index (χ0) is 17.1. The maximum atomic E-state index is 14.6. The SMILES string of the molecule is CC(C)N1CCN(c2c(F)cc(CN3CCOCC3)cc2F)CC1. The Morgan fingerprint density at radius 1 is 0.958 bits per heavy atom. The molecule has 24 heavy (non-hydrogen) atoms. The molecule has 2 saturated heterocycles. The number of piperazine rings is 1. The first kappa shape index (κ1) is 17.6. The first-order valence-electron chi connectivity index (χ1n) is 8.81. The Bertz CT molecular complexity index is 530. The summed E-state index contributed by atoms with van der Waals surface area (Å²) in [7, 11) is 0. The Hall–Kier alpha value is -1.24. The molecule has 0 saturated carbocycles. The van der Waals surface area contributed by atoms with E-state index in [1.807, 2.05) is 4.90 Å². The van der Waals surface area contributed by atoms with Gasteiger partial charge in [-0.2, -0.15) is 0 Å². The number of hydrogen-bond acceptors (Lipinski definition) is 4. The van der Waals surface area contributed by atoms with E-state index in [1.54, 1.807) is 0 Å². The van der Waals surface area contributed by atoms with Crippen LogP contribution in [0.5, 0.6) is 0 Å². The molecule has 0 aromatic heterocycles. The maximum absolute atomic E-state index is 14.6. The molecule has 0 radical (unpaired) electrons. The molecule has 0 spiro atoms. The second-order valence-corrected chi connectivity index (χ2v) is 6.91. The van der Waals surface area contributed by atoms with Gasteiger partial charge in [0.1, 0.15) is 17.3 Å². The average Bonchev–Trinajstić information content (AvgIpc) is 2.55. The van der Waals surface area contributed by atoms with Gasteiger partial charge in [-0.1, -0.05) is 0 Å². The molecule has 6 heteroatoms. The summed E-state index contributed by atoms with van der Waals surface area (Å²) in [5.41, 5.74) is 0.820. The third-order valence-electron chi connectivity index (χ3n) is 4.95. The molecule has 0 atom stereocenters. The van der Waals surface area contributed by atoms with Gasteiger partial charge in [0.2, 0.25) is 0 Å². The highest BCUT2D eigenvalue weighted by molar-refractivity contribution is 5.51. The van der Waals surface area contributed by atoms with Gasteiger partial charge in [0.15, 0.2) is 0 Å². The summed E-state index contributed by atoms with van der Waals surface area (Å²) in [6.07, 6.45) is 0. The lowest BCUT2D eigenvalue weighted by atomic mass is 10.1. The Balaban J connectivity index is 1.68. The maximum Gasteiger partial charge on any atom is 0.149 e. The van der Waals surface area contributed by atoms with Crippen molar-refractivity contribution in [3.63, 3.8) is 0 Å². The van der Waals surface area contributed by atoms with E-state index in [4.69, 9.17) is 4.74 Å². The number of anilines is 1. The number of benzene rings is 1. The van der Waals surface area contributed by atoms with Gasteiger partial charge in [-0.25, -0.2) is 8.78 Å². The second kappa shape index (κ2) is 7.76. The number of ether oxygens (including phenoxy) is 1. The summed E-state index contributed by atoms with van der Waals surface area (Å²) in [6.45, 7) is 10.9.